The highest BCUT2D eigenvalue weighted by molar-refractivity contribution is 5.78. The standard InChI is InChI=1S/C26H30FN7O/c1-16-26(30-21-6-4-3-5-20(21)28-16)22-13-24-31-23(33-12-11-17(27)15-33)14-25(34(24)32-22)29-18-7-9-19(35-2)10-8-18/h3-6,13-14,17-19,29H,7-12,15H2,1-2H3/t17-,18-,19-/m1/s1. The van der Waals surface area contributed by atoms with E-state index in [2.05, 4.69) is 5.32 Å². The van der Waals surface area contributed by atoms with Crippen LogP contribution >= 0.6 is 0 Å². The van der Waals surface area contributed by atoms with Crippen LogP contribution in [0, 0.1) is 6.92 Å². The Morgan fingerprint density at radius 3 is 2.49 bits per heavy atom. The normalized spacial score (nSPS) is 22.8. The van der Waals surface area contributed by atoms with Crippen molar-refractivity contribution in [3.8, 4) is 11.4 Å². The smallest absolute Gasteiger partial charge is 0.160 e. The van der Waals surface area contributed by atoms with Crippen LogP contribution < -0.4 is 10.2 Å². The molecule has 4 heterocycles. The fourth-order valence-corrected chi connectivity index (χ4v) is 5.25. The van der Waals surface area contributed by atoms with Crippen LogP contribution in [0.15, 0.2) is 36.4 Å². The van der Waals surface area contributed by atoms with Gasteiger partial charge in [-0.05, 0) is 51.2 Å². The zero-order valence-electron chi connectivity index (χ0n) is 20.1. The number of halogens is 1. The molecule has 182 valence electrons. The fraction of sp³-hybridized carbons (Fsp3) is 0.462. The molecule has 0 bridgehead atoms. The van der Waals surface area contributed by atoms with E-state index in [1.54, 1.807) is 7.11 Å². The molecule has 2 aliphatic rings. The molecule has 8 nitrogen and oxygen atoms in total. The second kappa shape index (κ2) is 9.03. The van der Waals surface area contributed by atoms with Crippen molar-refractivity contribution in [1.82, 2.24) is 24.6 Å². The lowest BCUT2D eigenvalue weighted by molar-refractivity contribution is 0.0681. The Bertz CT molecular complexity index is 1360. The van der Waals surface area contributed by atoms with Gasteiger partial charge in [-0.2, -0.15) is 9.61 Å². The highest BCUT2D eigenvalue weighted by atomic mass is 19.1. The van der Waals surface area contributed by atoms with E-state index >= 15 is 0 Å². The maximum atomic E-state index is 14.0. The average Bonchev–Trinajstić information content (AvgIpc) is 3.50. The summed E-state index contributed by atoms with van der Waals surface area (Å²) in [6, 6.07) is 12.1. The van der Waals surface area contributed by atoms with Crippen molar-refractivity contribution in [1.29, 1.82) is 0 Å². The maximum Gasteiger partial charge on any atom is 0.160 e. The Kier molecular flexibility index (Phi) is 5.72. The van der Waals surface area contributed by atoms with Crippen molar-refractivity contribution >= 4 is 28.3 Å². The summed E-state index contributed by atoms with van der Waals surface area (Å²) < 4.78 is 21.4. The van der Waals surface area contributed by atoms with Gasteiger partial charge in [-0.15, -0.1) is 0 Å². The highest BCUT2D eigenvalue weighted by Gasteiger charge is 2.26. The maximum absolute atomic E-state index is 14.0. The largest absolute Gasteiger partial charge is 0.381 e. The SMILES string of the molecule is CO[C@H]1CC[C@H](Nc2cc(N3CC[C@@H](F)C3)nc3cc(-c4nc5ccccc5nc4C)nn23)CC1. The van der Waals surface area contributed by atoms with Crippen LogP contribution in [0.3, 0.4) is 0 Å². The Balaban J connectivity index is 1.41. The fourth-order valence-electron chi connectivity index (χ4n) is 5.25. The third-order valence-electron chi connectivity index (χ3n) is 7.22. The van der Waals surface area contributed by atoms with Gasteiger partial charge in [-0.25, -0.2) is 19.3 Å². The van der Waals surface area contributed by atoms with E-state index in [0.29, 0.717) is 37.3 Å². The van der Waals surface area contributed by atoms with Crippen LogP contribution in [0.2, 0.25) is 0 Å². The van der Waals surface area contributed by atoms with Crippen molar-refractivity contribution in [3.63, 3.8) is 0 Å². The molecule has 1 saturated heterocycles. The third kappa shape index (κ3) is 4.29. The second-order valence-corrected chi connectivity index (χ2v) is 9.63. The van der Waals surface area contributed by atoms with Crippen LogP contribution in [0.1, 0.15) is 37.8 Å². The van der Waals surface area contributed by atoms with Gasteiger partial charge in [0.15, 0.2) is 5.65 Å². The molecule has 6 rings (SSSR count). The molecule has 1 N–H and O–H groups in total. The molecule has 2 fully saturated rings. The Morgan fingerprint density at radius 2 is 1.77 bits per heavy atom. The molecule has 3 aromatic heterocycles. The summed E-state index contributed by atoms with van der Waals surface area (Å²) in [6.07, 6.45) is 4.16. The molecule has 1 atom stereocenters. The number of alkyl halides is 1. The summed E-state index contributed by atoms with van der Waals surface area (Å²) in [5.41, 5.74) is 4.69. The van der Waals surface area contributed by atoms with Crippen LogP contribution in [0.25, 0.3) is 28.1 Å². The van der Waals surface area contributed by atoms with E-state index in [9.17, 15) is 4.39 Å². The van der Waals surface area contributed by atoms with Gasteiger partial charge in [0.1, 0.15) is 29.2 Å². The molecular formula is C26H30FN7O. The zero-order chi connectivity index (χ0) is 23.9. The summed E-state index contributed by atoms with van der Waals surface area (Å²) in [6.45, 7) is 2.99. The molecule has 1 saturated carbocycles. The van der Waals surface area contributed by atoms with Crippen LogP contribution in [-0.4, -0.2) is 63.1 Å². The third-order valence-corrected chi connectivity index (χ3v) is 7.22. The molecular weight excluding hydrogens is 445 g/mol. The van der Waals surface area contributed by atoms with Crippen LogP contribution in [-0.2, 0) is 4.74 Å². The van der Waals surface area contributed by atoms with Gasteiger partial charge >= 0.3 is 0 Å². The minimum atomic E-state index is -0.815. The topological polar surface area (TPSA) is 80.5 Å². The number of hydrogen-bond acceptors (Lipinski definition) is 7. The predicted octanol–water partition coefficient (Wildman–Crippen LogP) is 4.57. The number of benzene rings is 1. The van der Waals surface area contributed by atoms with E-state index in [1.165, 1.54) is 0 Å². The van der Waals surface area contributed by atoms with Crippen molar-refractivity contribution in [2.24, 2.45) is 0 Å². The number of nitrogens with zero attached hydrogens (tertiary/aromatic N) is 6. The second-order valence-electron chi connectivity index (χ2n) is 9.63. The van der Waals surface area contributed by atoms with Gasteiger partial charge in [0.25, 0.3) is 0 Å². The first-order valence-corrected chi connectivity index (χ1v) is 12.4. The molecule has 0 unspecified atom stereocenters. The summed E-state index contributed by atoms with van der Waals surface area (Å²) in [5, 5.41) is 8.60. The molecule has 1 aliphatic carbocycles. The molecule has 35 heavy (non-hydrogen) atoms. The Hall–Kier alpha value is -3.33. The van der Waals surface area contributed by atoms with E-state index in [0.717, 1.165) is 65.4 Å². The zero-order valence-corrected chi connectivity index (χ0v) is 20.1. The number of methoxy groups -OCH3 is 1. The summed E-state index contributed by atoms with van der Waals surface area (Å²) in [4.78, 5) is 16.5. The molecule has 9 heteroatoms. The van der Waals surface area contributed by atoms with Crippen LogP contribution in [0.5, 0.6) is 0 Å². The first-order chi connectivity index (χ1) is 17.1. The Morgan fingerprint density at radius 1 is 1.00 bits per heavy atom. The highest BCUT2D eigenvalue weighted by Crippen LogP contribution is 2.30. The number of anilines is 2. The lowest BCUT2D eigenvalue weighted by atomic mass is 9.93. The van der Waals surface area contributed by atoms with Gasteiger partial charge in [0.2, 0.25) is 0 Å². The molecule has 0 spiro atoms. The summed E-state index contributed by atoms with van der Waals surface area (Å²) >= 11 is 0. The van der Waals surface area contributed by atoms with Gasteiger partial charge in [0, 0.05) is 31.8 Å². The van der Waals surface area contributed by atoms with Crippen molar-refractivity contribution in [3.05, 3.63) is 42.1 Å². The first-order valence-electron chi connectivity index (χ1n) is 12.4. The average molecular weight is 476 g/mol. The van der Waals surface area contributed by atoms with Gasteiger partial charge in [-0.3, -0.25) is 0 Å². The van der Waals surface area contributed by atoms with Crippen molar-refractivity contribution < 1.29 is 9.13 Å². The molecule has 0 amide bonds. The van der Waals surface area contributed by atoms with Crippen molar-refractivity contribution in [2.45, 2.75) is 57.3 Å². The summed E-state index contributed by atoms with van der Waals surface area (Å²) in [7, 11) is 1.79. The van der Waals surface area contributed by atoms with Crippen LogP contribution in [0.4, 0.5) is 16.0 Å². The minimum absolute atomic E-state index is 0.321. The van der Waals surface area contributed by atoms with Gasteiger partial charge in [-0.1, -0.05) is 12.1 Å². The molecule has 1 aliphatic heterocycles. The van der Waals surface area contributed by atoms with Gasteiger partial charge < -0.3 is 15.0 Å². The number of fused-ring (bicyclic) bond motifs is 2. The first kappa shape index (κ1) is 22.2. The number of para-hydroxylation sites is 2. The minimum Gasteiger partial charge on any atom is -0.381 e. The van der Waals surface area contributed by atoms with E-state index < -0.39 is 6.17 Å². The molecule has 1 aromatic carbocycles. The molecule has 0 radical (unpaired) electrons. The quantitative estimate of drug-likeness (QED) is 0.453. The number of aromatic nitrogens is 5. The van der Waals surface area contributed by atoms with E-state index in [-0.39, 0.29) is 0 Å². The van der Waals surface area contributed by atoms with E-state index in [1.807, 2.05) is 52.7 Å². The molecule has 4 aromatic rings. The Labute approximate surface area is 203 Å². The van der Waals surface area contributed by atoms with E-state index in [4.69, 9.17) is 24.8 Å². The number of nitrogens with one attached hydrogen (secondary N) is 1. The number of ether oxygens (including phenoxy) is 1. The number of rotatable bonds is 5. The number of hydrogen-bond donors (Lipinski definition) is 1. The van der Waals surface area contributed by atoms with Gasteiger partial charge in [0.05, 0.1) is 29.4 Å². The monoisotopic (exact) mass is 475 g/mol. The lowest BCUT2D eigenvalue weighted by Crippen LogP contribution is -2.30. The van der Waals surface area contributed by atoms with Crippen molar-refractivity contribution in [2.75, 3.05) is 30.4 Å². The number of aryl methyl sites for hydroxylation is 1. The lowest BCUT2D eigenvalue weighted by Gasteiger charge is -2.29. The summed E-state index contributed by atoms with van der Waals surface area (Å²) in [5.74, 6) is 1.64. The predicted molar refractivity (Wildman–Crippen MR) is 135 cm³/mol.